The van der Waals surface area contributed by atoms with E-state index in [2.05, 4.69) is 5.32 Å². The number of carbonyl (C=O) groups excluding carboxylic acids is 2. The first kappa shape index (κ1) is 18.5. The SMILES string of the molecule is CN(Cc1ccc(F)cc1)C(=O)CCNC(=O)C12CC3CC(CC(C3)C1)C2. The molecule has 4 bridgehead atoms. The van der Waals surface area contributed by atoms with Gasteiger partial charge in [0.15, 0.2) is 0 Å². The summed E-state index contributed by atoms with van der Waals surface area (Å²) >= 11 is 0. The first-order valence-corrected chi connectivity index (χ1v) is 10.2. The number of amides is 2. The molecule has 0 aliphatic heterocycles. The van der Waals surface area contributed by atoms with Gasteiger partial charge in [-0.1, -0.05) is 12.1 Å². The van der Waals surface area contributed by atoms with Crippen molar-refractivity contribution in [1.82, 2.24) is 10.2 Å². The minimum atomic E-state index is -0.278. The zero-order chi connectivity index (χ0) is 19.0. The molecule has 1 aromatic carbocycles. The van der Waals surface area contributed by atoms with E-state index in [1.54, 1.807) is 24.1 Å². The molecule has 1 aromatic rings. The Morgan fingerprint density at radius 1 is 1.07 bits per heavy atom. The van der Waals surface area contributed by atoms with Crippen LogP contribution in [-0.2, 0) is 16.1 Å². The molecule has 0 atom stereocenters. The minimum absolute atomic E-state index is 0.00913. The third-order valence-electron chi connectivity index (χ3n) is 6.90. The molecule has 0 spiro atoms. The summed E-state index contributed by atoms with van der Waals surface area (Å²) in [5, 5.41) is 3.06. The monoisotopic (exact) mass is 372 g/mol. The van der Waals surface area contributed by atoms with Gasteiger partial charge in [-0.25, -0.2) is 4.39 Å². The summed E-state index contributed by atoms with van der Waals surface area (Å²) in [7, 11) is 1.74. The molecule has 0 saturated heterocycles. The van der Waals surface area contributed by atoms with Gasteiger partial charge in [0, 0.05) is 32.0 Å². The Balaban J connectivity index is 1.25. The third kappa shape index (κ3) is 3.87. The average Bonchev–Trinajstić information content (AvgIpc) is 2.62. The van der Waals surface area contributed by atoms with Crippen LogP contribution < -0.4 is 5.32 Å². The Hall–Kier alpha value is -1.91. The van der Waals surface area contributed by atoms with E-state index < -0.39 is 0 Å². The summed E-state index contributed by atoms with van der Waals surface area (Å²) in [6.07, 6.45) is 7.39. The van der Waals surface area contributed by atoms with E-state index in [4.69, 9.17) is 0 Å². The van der Waals surface area contributed by atoms with Crippen LogP contribution in [0.2, 0.25) is 0 Å². The second-order valence-corrected chi connectivity index (χ2v) is 9.08. The average molecular weight is 372 g/mol. The number of hydrogen-bond donors (Lipinski definition) is 1. The molecule has 2 amide bonds. The molecule has 0 heterocycles. The second-order valence-electron chi connectivity index (χ2n) is 9.08. The summed E-state index contributed by atoms with van der Waals surface area (Å²) in [6, 6.07) is 6.18. The topological polar surface area (TPSA) is 49.4 Å². The summed E-state index contributed by atoms with van der Waals surface area (Å²) in [5.41, 5.74) is 0.738. The van der Waals surface area contributed by atoms with Crippen molar-refractivity contribution in [2.24, 2.45) is 23.2 Å². The fraction of sp³-hybridized carbons (Fsp3) is 0.636. The number of hydrogen-bond acceptors (Lipinski definition) is 2. The maximum Gasteiger partial charge on any atom is 0.226 e. The molecule has 0 unspecified atom stereocenters. The van der Waals surface area contributed by atoms with Crippen LogP contribution in [0, 0.1) is 29.0 Å². The molecule has 0 radical (unpaired) electrons. The lowest BCUT2D eigenvalue weighted by molar-refractivity contribution is -0.146. The number of nitrogens with zero attached hydrogens (tertiary/aromatic N) is 1. The van der Waals surface area contributed by atoms with Crippen LogP contribution in [0.25, 0.3) is 0 Å². The van der Waals surface area contributed by atoms with E-state index in [1.807, 2.05) is 0 Å². The van der Waals surface area contributed by atoms with Gasteiger partial charge in [0.05, 0.1) is 0 Å². The number of carbonyl (C=O) groups is 2. The third-order valence-corrected chi connectivity index (χ3v) is 6.90. The lowest BCUT2D eigenvalue weighted by atomic mass is 9.49. The number of nitrogens with one attached hydrogen (secondary N) is 1. The van der Waals surface area contributed by atoms with Crippen LogP contribution in [0.1, 0.15) is 50.5 Å². The van der Waals surface area contributed by atoms with Crippen LogP contribution in [0.5, 0.6) is 0 Å². The highest BCUT2D eigenvalue weighted by Crippen LogP contribution is 2.60. The minimum Gasteiger partial charge on any atom is -0.355 e. The first-order chi connectivity index (χ1) is 12.9. The van der Waals surface area contributed by atoms with Crippen molar-refractivity contribution in [2.45, 2.75) is 51.5 Å². The maximum absolute atomic E-state index is 13.0. The molecule has 4 aliphatic carbocycles. The highest BCUT2D eigenvalue weighted by atomic mass is 19.1. The quantitative estimate of drug-likeness (QED) is 0.831. The van der Waals surface area contributed by atoms with Gasteiger partial charge in [0.2, 0.25) is 11.8 Å². The van der Waals surface area contributed by atoms with Crippen LogP contribution in [0.3, 0.4) is 0 Å². The van der Waals surface area contributed by atoms with Crippen molar-refractivity contribution < 1.29 is 14.0 Å². The fourth-order valence-electron chi connectivity index (χ4n) is 6.00. The molecule has 4 nitrogen and oxygen atoms in total. The van der Waals surface area contributed by atoms with Gasteiger partial charge >= 0.3 is 0 Å². The highest BCUT2D eigenvalue weighted by molar-refractivity contribution is 5.84. The van der Waals surface area contributed by atoms with E-state index >= 15 is 0 Å². The van der Waals surface area contributed by atoms with Crippen molar-refractivity contribution in [1.29, 1.82) is 0 Å². The van der Waals surface area contributed by atoms with Crippen LogP contribution >= 0.6 is 0 Å². The zero-order valence-electron chi connectivity index (χ0n) is 16.0. The van der Waals surface area contributed by atoms with Crippen molar-refractivity contribution in [2.75, 3.05) is 13.6 Å². The van der Waals surface area contributed by atoms with Crippen LogP contribution in [0.4, 0.5) is 4.39 Å². The predicted octanol–water partition coefficient (Wildman–Crippen LogP) is 3.51. The maximum atomic E-state index is 13.0. The molecule has 1 N–H and O–H groups in total. The second kappa shape index (κ2) is 7.25. The zero-order valence-corrected chi connectivity index (χ0v) is 16.0. The Labute approximate surface area is 160 Å². The summed E-state index contributed by atoms with van der Waals surface area (Å²) in [4.78, 5) is 26.9. The van der Waals surface area contributed by atoms with Crippen molar-refractivity contribution in [3.8, 4) is 0 Å². The van der Waals surface area contributed by atoms with E-state index in [0.29, 0.717) is 19.5 Å². The lowest BCUT2D eigenvalue weighted by Crippen LogP contribution is -2.53. The Morgan fingerprint density at radius 2 is 1.63 bits per heavy atom. The highest BCUT2D eigenvalue weighted by Gasteiger charge is 2.54. The van der Waals surface area contributed by atoms with Crippen molar-refractivity contribution in [3.05, 3.63) is 35.6 Å². The first-order valence-electron chi connectivity index (χ1n) is 10.2. The molecule has 4 saturated carbocycles. The number of rotatable bonds is 6. The van der Waals surface area contributed by atoms with Crippen LogP contribution in [-0.4, -0.2) is 30.3 Å². The summed E-state index contributed by atoms with van der Waals surface area (Å²) in [5.74, 6) is 2.11. The Morgan fingerprint density at radius 3 is 2.19 bits per heavy atom. The Bertz CT molecular complexity index is 680. The normalized spacial score (nSPS) is 31.0. The molecule has 5 rings (SSSR count). The van der Waals surface area contributed by atoms with E-state index in [-0.39, 0.29) is 23.0 Å². The van der Waals surface area contributed by atoms with Crippen LogP contribution in [0.15, 0.2) is 24.3 Å². The van der Waals surface area contributed by atoms with Gasteiger partial charge in [-0.15, -0.1) is 0 Å². The largest absolute Gasteiger partial charge is 0.355 e. The molecular formula is C22H29FN2O2. The van der Waals surface area contributed by atoms with Gasteiger partial charge in [-0.2, -0.15) is 0 Å². The van der Waals surface area contributed by atoms with E-state index in [9.17, 15) is 14.0 Å². The lowest BCUT2D eigenvalue weighted by Gasteiger charge is -2.55. The van der Waals surface area contributed by atoms with Crippen molar-refractivity contribution in [3.63, 3.8) is 0 Å². The molecule has 4 aliphatic rings. The molecule has 27 heavy (non-hydrogen) atoms. The predicted molar refractivity (Wildman–Crippen MR) is 101 cm³/mol. The standard InChI is InChI=1S/C22H29FN2O2/c1-25(14-15-2-4-19(23)5-3-15)20(26)6-7-24-21(27)22-11-16-8-17(12-22)10-18(9-16)13-22/h2-5,16-18H,6-14H2,1H3,(H,24,27). The Kier molecular flexibility index (Phi) is 4.95. The molecule has 5 heteroatoms. The fourth-order valence-corrected chi connectivity index (χ4v) is 6.00. The van der Waals surface area contributed by atoms with Gasteiger partial charge in [0.1, 0.15) is 5.82 Å². The molecule has 0 aromatic heterocycles. The number of benzene rings is 1. The van der Waals surface area contributed by atoms with E-state index in [0.717, 1.165) is 42.6 Å². The molecule has 4 fully saturated rings. The summed E-state index contributed by atoms with van der Waals surface area (Å²) < 4.78 is 13.0. The molecule has 146 valence electrons. The van der Waals surface area contributed by atoms with Crippen molar-refractivity contribution >= 4 is 11.8 Å². The summed E-state index contributed by atoms with van der Waals surface area (Å²) in [6.45, 7) is 0.842. The van der Waals surface area contributed by atoms with Gasteiger partial charge in [0.25, 0.3) is 0 Å². The van der Waals surface area contributed by atoms with Gasteiger partial charge in [-0.05, 0) is 74.0 Å². The number of halogens is 1. The smallest absolute Gasteiger partial charge is 0.226 e. The van der Waals surface area contributed by atoms with E-state index in [1.165, 1.54) is 31.4 Å². The van der Waals surface area contributed by atoms with Gasteiger partial charge in [-0.3, -0.25) is 9.59 Å². The molecular weight excluding hydrogens is 343 g/mol. The van der Waals surface area contributed by atoms with Gasteiger partial charge < -0.3 is 10.2 Å².